The van der Waals surface area contributed by atoms with Crippen LogP contribution in [0.3, 0.4) is 0 Å². The number of rotatable bonds is 7. The van der Waals surface area contributed by atoms with Crippen molar-refractivity contribution in [3.63, 3.8) is 0 Å². The summed E-state index contributed by atoms with van der Waals surface area (Å²) < 4.78 is 5.42. The monoisotopic (exact) mass is 370 g/mol. The zero-order valence-electron chi connectivity index (χ0n) is 13.8. The van der Waals surface area contributed by atoms with Gasteiger partial charge in [0.25, 0.3) is 5.91 Å². The minimum Gasteiger partial charge on any atom is -0.494 e. The molecule has 6 heteroatoms. The molecule has 1 amide bonds. The third-order valence-corrected chi connectivity index (χ3v) is 5.16. The van der Waals surface area contributed by atoms with Crippen molar-refractivity contribution in [2.24, 2.45) is 0 Å². The first-order valence-electron chi connectivity index (χ1n) is 7.89. The van der Waals surface area contributed by atoms with Gasteiger partial charge in [0.1, 0.15) is 5.75 Å². The van der Waals surface area contributed by atoms with Gasteiger partial charge in [-0.2, -0.15) is 0 Å². The average Bonchev–Trinajstić information content (AvgIpc) is 3.16. The Balaban J connectivity index is 1.69. The average molecular weight is 370 g/mol. The van der Waals surface area contributed by atoms with Crippen molar-refractivity contribution in [1.82, 2.24) is 4.98 Å². The van der Waals surface area contributed by atoms with Gasteiger partial charge in [0.05, 0.1) is 23.4 Å². The first-order chi connectivity index (χ1) is 12.3. The van der Waals surface area contributed by atoms with Gasteiger partial charge >= 0.3 is 0 Å². The lowest BCUT2D eigenvalue weighted by atomic mass is 10.2. The predicted octanol–water partition coefficient (Wildman–Crippen LogP) is 5.09. The van der Waals surface area contributed by atoms with Gasteiger partial charge in [-0.1, -0.05) is 12.1 Å². The third kappa shape index (κ3) is 4.84. The third-order valence-electron chi connectivity index (χ3n) is 3.41. The lowest BCUT2D eigenvalue weighted by Crippen LogP contribution is -2.13. The summed E-state index contributed by atoms with van der Waals surface area (Å²) in [5.74, 6) is 1.42. The zero-order valence-corrected chi connectivity index (χ0v) is 15.4. The molecule has 0 atom stereocenters. The maximum Gasteiger partial charge on any atom is 0.256 e. The van der Waals surface area contributed by atoms with Crippen molar-refractivity contribution in [3.05, 3.63) is 70.7 Å². The first-order valence-corrected chi connectivity index (χ1v) is 9.82. The number of hydrogen-bond acceptors (Lipinski definition) is 5. The van der Waals surface area contributed by atoms with E-state index < -0.39 is 0 Å². The summed E-state index contributed by atoms with van der Waals surface area (Å²) in [6, 6.07) is 15.0. The van der Waals surface area contributed by atoms with Crippen LogP contribution in [-0.4, -0.2) is 17.5 Å². The molecule has 4 nitrogen and oxygen atoms in total. The van der Waals surface area contributed by atoms with Crippen LogP contribution in [0.25, 0.3) is 0 Å². The molecular weight excluding hydrogens is 352 g/mol. The van der Waals surface area contributed by atoms with Crippen molar-refractivity contribution in [2.45, 2.75) is 17.6 Å². The highest BCUT2D eigenvalue weighted by molar-refractivity contribution is 7.98. The highest BCUT2D eigenvalue weighted by atomic mass is 32.2. The van der Waals surface area contributed by atoms with E-state index in [1.54, 1.807) is 23.1 Å². The van der Waals surface area contributed by atoms with Crippen molar-refractivity contribution < 1.29 is 9.53 Å². The van der Waals surface area contributed by atoms with Crippen LogP contribution in [0.2, 0.25) is 0 Å². The summed E-state index contributed by atoms with van der Waals surface area (Å²) in [4.78, 5) is 17.9. The molecule has 0 aliphatic carbocycles. The molecule has 0 aliphatic rings. The Bertz CT molecular complexity index is 818. The summed E-state index contributed by atoms with van der Waals surface area (Å²) >= 11 is 3.19. The van der Waals surface area contributed by atoms with Crippen LogP contribution in [0, 0.1) is 0 Å². The summed E-state index contributed by atoms with van der Waals surface area (Å²) in [6.45, 7) is 2.56. The quantitative estimate of drug-likeness (QED) is 0.589. The van der Waals surface area contributed by atoms with E-state index in [0.29, 0.717) is 12.2 Å². The molecule has 0 aliphatic heterocycles. The lowest BCUT2D eigenvalue weighted by Gasteiger charge is -2.10. The van der Waals surface area contributed by atoms with E-state index in [9.17, 15) is 4.79 Å². The van der Waals surface area contributed by atoms with Gasteiger partial charge in [0, 0.05) is 21.7 Å². The molecule has 1 N–H and O–H groups in total. The van der Waals surface area contributed by atoms with Crippen LogP contribution < -0.4 is 10.1 Å². The second kappa shape index (κ2) is 8.69. The topological polar surface area (TPSA) is 51.2 Å². The van der Waals surface area contributed by atoms with Gasteiger partial charge in [-0.05, 0) is 43.3 Å². The molecule has 0 bridgehead atoms. The number of anilines is 1. The minimum atomic E-state index is -0.120. The van der Waals surface area contributed by atoms with E-state index >= 15 is 0 Å². The van der Waals surface area contributed by atoms with E-state index in [-0.39, 0.29) is 5.91 Å². The largest absolute Gasteiger partial charge is 0.494 e. The predicted molar refractivity (Wildman–Crippen MR) is 104 cm³/mol. The highest BCUT2D eigenvalue weighted by Gasteiger charge is 2.12. The number of hydrogen-bond donors (Lipinski definition) is 1. The highest BCUT2D eigenvalue weighted by Crippen LogP contribution is 2.27. The molecule has 0 saturated heterocycles. The van der Waals surface area contributed by atoms with E-state index in [2.05, 4.69) is 10.3 Å². The van der Waals surface area contributed by atoms with Gasteiger partial charge < -0.3 is 10.1 Å². The Morgan fingerprint density at radius 2 is 2.00 bits per heavy atom. The van der Waals surface area contributed by atoms with Gasteiger partial charge in [0.15, 0.2) is 0 Å². The number of benzene rings is 2. The number of aromatic nitrogens is 1. The van der Waals surface area contributed by atoms with Gasteiger partial charge in [0.2, 0.25) is 0 Å². The van der Waals surface area contributed by atoms with E-state index in [1.165, 1.54) is 0 Å². The Hall–Kier alpha value is -2.31. The number of nitrogens with one attached hydrogen (secondary N) is 1. The Morgan fingerprint density at radius 3 is 2.72 bits per heavy atom. The summed E-state index contributed by atoms with van der Waals surface area (Å²) in [7, 11) is 0. The molecule has 3 rings (SSSR count). The molecule has 0 radical (unpaired) electrons. The SMILES string of the molecule is CCOc1ccc(NC(=O)c2ccccc2SCc2cscn2)cc1. The van der Waals surface area contributed by atoms with Crippen LogP contribution in [0.4, 0.5) is 5.69 Å². The Labute approximate surface area is 155 Å². The second-order valence-corrected chi connectivity index (χ2v) is 6.91. The fourth-order valence-corrected chi connectivity index (χ4v) is 3.86. The van der Waals surface area contributed by atoms with Gasteiger partial charge in [-0.25, -0.2) is 4.98 Å². The molecule has 25 heavy (non-hydrogen) atoms. The van der Waals surface area contributed by atoms with Crippen LogP contribution in [0.1, 0.15) is 23.0 Å². The molecule has 0 fully saturated rings. The van der Waals surface area contributed by atoms with Crippen molar-refractivity contribution in [2.75, 3.05) is 11.9 Å². The molecule has 3 aromatic rings. The summed E-state index contributed by atoms with van der Waals surface area (Å²) in [5.41, 5.74) is 4.25. The van der Waals surface area contributed by atoms with Crippen LogP contribution >= 0.6 is 23.1 Å². The van der Waals surface area contributed by atoms with Crippen molar-refractivity contribution >= 4 is 34.7 Å². The Morgan fingerprint density at radius 1 is 1.20 bits per heavy atom. The number of carbonyl (C=O) groups excluding carboxylic acids is 1. The Kier molecular flexibility index (Phi) is 6.09. The molecule has 0 spiro atoms. The molecule has 1 heterocycles. The van der Waals surface area contributed by atoms with Crippen molar-refractivity contribution in [3.8, 4) is 5.75 Å². The van der Waals surface area contributed by atoms with Crippen LogP contribution in [0.15, 0.2) is 64.3 Å². The number of thiazole rings is 1. The molecule has 0 saturated carbocycles. The van der Waals surface area contributed by atoms with Crippen molar-refractivity contribution in [1.29, 1.82) is 0 Å². The van der Waals surface area contributed by atoms with Gasteiger partial charge in [-0.3, -0.25) is 4.79 Å². The summed E-state index contributed by atoms with van der Waals surface area (Å²) in [6.07, 6.45) is 0. The first kappa shape index (κ1) is 17.5. The van der Waals surface area contributed by atoms with E-state index in [4.69, 9.17) is 4.74 Å². The lowest BCUT2D eigenvalue weighted by molar-refractivity contribution is 0.102. The number of thioether (sulfide) groups is 1. The molecule has 2 aromatic carbocycles. The fraction of sp³-hybridized carbons (Fsp3) is 0.158. The van der Waals surface area contributed by atoms with E-state index in [0.717, 1.165) is 27.8 Å². The zero-order chi connectivity index (χ0) is 17.5. The fourth-order valence-electron chi connectivity index (χ4n) is 2.24. The van der Waals surface area contributed by atoms with E-state index in [1.807, 2.05) is 66.3 Å². The van der Waals surface area contributed by atoms with Gasteiger partial charge in [-0.15, -0.1) is 23.1 Å². The number of carbonyl (C=O) groups is 1. The molecule has 1 aromatic heterocycles. The maximum atomic E-state index is 12.6. The standard InChI is InChI=1S/C19H18N2O2S2/c1-2-23-16-9-7-14(8-10-16)21-19(22)17-5-3-4-6-18(17)25-12-15-11-24-13-20-15/h3-11,13H,2,12H2,1H3,(H,21,22). The molecule has 128 valence electrons. The second-order valence-electron chi connectivity index (χ2n) is 5.18. The number of amides is 1. The number of ether oxygens (including phenoxy) is 1. The molecule has 0 unspecified atom stereocenters. The maximum absolute atomic E-state index is 12.6. The minimum absolute atomic E-state index is 0.120. The summed E-state index contributed by atoms with van der Waals surface area (Å²) in [5, 5.41) is 4.96. The van der Waals surface area contributed by atoms with Crippen LogP contribution in [-0.2, 0) is 5.75 Å². The molecular formula is C19H18N2O2S2. The normalized spacial score (nSPS) is 10.4. The van der Waals surface area contributed by atoms with Crippen LogP contribution in [0.5, 0.6) is 5.75 Å². The smallest absolute Gasteiger partial charge is 0.256 e. The number of nitrogens with zero attached hydrogens (tertiary/aromatic N) is 1.